The minimum absolute atomic E-state index is 0.320. The van der Waals surface area contributed by atoms with Crippen molar-refractivity contribution in [2.24, 2.45) is 0 Å². The summed E-state index contributed by atoms with van der Waals surface area (Å²) in [6.07, 6.45) is 1.78. The SMILES string of the molecule is COC(=O)c1csc(NCc2cccc3cccnc23)n1. The summed E-state index contributed by atoms with van der Waals surface area (Å²) >= 11 is 1.37. The molecule has 0 radical (unpaired) electrons. The van der Waals surface area contributed by atoms with Gasteiger partial charge in [-0.15, -0.1) is 11.3 Å². The Bertz CT molecular complexity index is 780. The third-order valence-corrected chi connectivity index (χ3v) is 3.85. The summed E-state index contributed by atoms with van der Waals surface area (Å²) in [4.78, 5) is 20.0. The van der Waals surface area contributed by atoms with Gasteiger partial charge in [0.15, 0.2) is 10.8 Å². The molecular formula is C15H13N3O2S. The van der Waals surface area contributed by atoms with Crippen molar-refractivity contribution >= 4 is 33.3 Å². The Kier molecular flexibility index (Phi) is 3.79. The minimum Gasteiger partial charge on any atom is -0.464 e. The lowest BCUT2D eigenvalue weighted by Crippen LogP contribution is -2.03. The quantitative estimate of drug-likeness (QED) is 0.750. The van der Waals surface area contributed by atoms with Gasteiger partial charge in [0.1, 0.15) is 0 Å². The van der Waals surface area contributed by atoms with Crippen molar-refractivity contribution in [3.63, 3.8) is 0 Å². The van der Waals surface area contributed by atoms with Crippen LogP contribution in [0.5, 0.6) is 0 Å². The van der Waals surface area contributed by atoms with Crippen LogP contribution < -0.4 is 5.32 Å². The lowest BCUT2D eigenvalue weighted by atomic mass is 10.1. The van der Waals surface area contributed by atoms with Gasteiger partial charge in [0.05, 0.1) is 12.6 Å². The summed E-state index contributed by atoms with van der Waals surface area (Å²) in [6, 6.07) is 10.0. The summed E-state index contributed by atoms with van der Waals surface area (Å²) in [5.74, 6) is -0.425. The molecule has 1 aromatic carbocycles. The number of anilines is 1. The fraction of sp³-hybridized carbons (Fsp3) is 0.133. The summed E-state index contributed by atoms with van der Waals surface area (Å²) in [6.45, 7) is 0.600. The van der Waals surface area contributed by atoms with E-state index < -0.39 is 5.97 Å². The molecule has 5 nitrogen and oxygen atoms in total. The van der Waals surface area contributed by atoms with E-state index in [1.165, 1.54) is 18.4 Å². The number of carbonyl (C=O) groups excluding carboxylic acids is 1. The number of aromatic nitrogens is 2. The van der Waals surface area contributed by atoms with Crippen LogP contribution in [0.25, 0.3) is 10.9 Å². The first kappa shape index (κ1) is 13.5. The van der Waals surface area contributed by atoms with Crippen LogP contribution in [0.3, 0.4) is 0 Å². The molecule has 0 amide bonds. The number of nitrogens with one attached hydrogen (secondary N) is 1. The first-order valence-electron chi connectivity index (χ1n) is 6.38. The maximum Gasteiger partial charge on any atom is 0.357 e. The highest BCUT2D eigenvalue weighted by Gasteiger charge is 2.10. The molecule has 106 valence electrons. The molecule has 0 saturated heterocycles. The van der Waals surface area contributed by atoms with Crippen LogP contribution in [0.4, 0.5) is 5.13 Å². The molecule has 2 heterocycles. The summed E-state index contributed by atoms with van der Waals surface area (Å²) in [7, 11) is 1.34. The molecule has 6 heteroatoms. The topological polar surface area (TPSA) is 64.1 Å². The molecule has 0 atom stereocenters. The van der Waals surface area contributed by atoms with Crippen molar-refractivity contribution in [2.45, 2.75) is 6.54 Å². The Morgan fingerprint density at radius 3 is 3.05 bits per heavy atom. The molecule has 3 rings (SSSR count). The fourth-order valence-corrected chi connectivity index (χ4v) is 2.71. The maximum atomic E-state index is 11.4. The van der Waals surface area contributed by atoms with E-state index >= 15 is 0 Å². The molecule has 1 N–H and O–H groups in total. The van der Waals surface area contributed by atoms with Crippen LogP contribution in [0.15, 0.2) is 41.9 Å². The van der Waals surface area contributed by atoms with E-state index in [1.54, 1.807) is 11.6 Å². The van der Waals surface area contributed by atoms with E-state index in [0.29, 0.717) is 17.4 Å². The molecule has 21 heavy (non-hydrogen) atoms. The number of pyridine rings is 1. The Morgan fingerprint density at radius 2 is 2.19 bits per heavy atom. The highest BCUT2D eigenvalue weighted by Crippen LogP contribution is 2.20. The van der Waals surface area contributed by atoms with Crippen molar-refractivity contribution in [1.82, 2.24) is 9.97 Å². The zero-order chi connectivity index (χ0) is 14.7. The molecule has 0 aliphatic rings. The van der Waals surface area contributed by atoms with Crippen LogP contribution >= 0.6 is 11.3 Å². The maximum absolute atomic E-state index is 11.4. The van der Waals surface area contributed by atoms with Crippen molar-refractivity contribution in [1.29, 1.82) is 0 Å². The van der Waals surface area contributed by atoms with E-state index in [4.69, 9.17) is 0 Å². The standard InChI is InChI=1S/C15H13N3O2S/c1-20-14(19)12-9-21-15(18-12)17-8-11-5-2-4-10-6-3-7-16-13(10)11/h2-7,9H,8H2,1H3,(H,17,18). The smallest absolute Gasteiger partial charge is 0.357 e. The van der Waals surface area contributed by atoms with Gasteiger partial charge in [-0.25, -0.2) is 9.78 Å². The second-order valence-corrected chi connectivity index (χ2v) is 5.23. The van der Waals surface area contributed by atoms with Gasteiger partial charge in [-0.1, -0.05) is 24.3 Å². The number of ether oxygens (including phenoxy) is 1. The molecule has 0 spiro atoms. The van der Waals surface area contributed by atoms with Gasteiger partial charge >= 0.3 is 5.97 Å². The monoisotopic (exact) mass is 299 g/mol. The summed E-state index contributed by atoms with van der Waals surface area (Å²) < 4.78 is 4.64. The van der Waals surface area contributed by atoms with Crippen LogP contribution in [-0.4, -0.2) is 23.0 Å². The highest BCUT2D eigenvalue weighted by molar-refractivity contribution is 7.13. The number of para-hydroxylation sites is 1. The predicted molar refractivity (Wildman–Crippen MR) is 82.5 cm³/mol. The first-order chi connectivity index (χ1) is 10.3. The number of nitrogens with zero attached hydrogens (tertiary/aromatic N) is 2. The summed E-state index contributed by atoms with van der Waals surface area (Å²) in [5, 5.41) is 6.67. The van der Waals surface area contributed by atoms with Crippen molar-refractivity contribution in [2.75, 3.05) is 12.4 Å². The zero-order valence-electron chi connectivity index (χ0n) is 11.4. The second-order valence-electron chi connectivity index (χ2n) is 4.38. The van der Waals surface area contributed by atoms with Gasteiger partial charge < -0.3 is 10.1 Å². The lowest BCUT2D eigenvalue weighted by Gasteiger charge is -2.06. The number of carbonyl (C=O) groups is 1. The molecule has 0 bridgehead atoms. The van der Waals surface area contributed by atoms with Crippen molar-refractivity contribution in [3.8, 4) is 0 Å². The van der Waals surface area contributed by atoms with Gasteiger partial charge in [-0.3, -0.25) is 4.98 Å². The Hall–Kier alpha value is -2.47. The highest BCUT2D eigenvalue weighted by atomic mass is 32.1. The number of thiazole rings is 1. The average Bonchev–Trinajstić information content (AvgIpc) is 3.01. The molecule has 0 saturated carbocycles. The van der Waals surface area contributed by atoms with Gasteiger partial charge in [-0.05, 0) is 11.6 Å². The van der Waals surface area contributed by atoms with E-state index in [-0.39, 0.29) is 0 Å². The zero-order valence-corrected chi connectivity index (χ0v) is 12.2. The number of hydrogen-bond acceptors (Lipinski definition) is 6. The molecule has 0 unspecified atom stereocenters. The largest absolute Gasteiger partial charge is 0.464 e. The van der Waals surface area contributed by atoms with Crippen molar-refractivity contribution < 1.29 is 9.53 Å². The molecule has 0 fully saturated rings. The second kappa shape index (κ2) is 5.88. The number of hydrogen-bond donors (Lipinski definition) is 1. The Balaban J connectivity index is 1.77. The van der Waals surface area contributed by atoms with Crippen LogP contribution in [-0.2, 0) is 11.3 Å². The fourth-order valence-electron chi connectivity index (χ4n) is 2.03. The number of esters is 1. The first-order valence-corrected chi connectivity index (χ1v) is 7.26. The van der Waals surface area contributed by atoms with E-state index in [0.717, 1.165) is 16.5 Å². The van der Waals surface area contributed by atoms with Crippen LogP contribution in [0, 0.1) is 0 Å². The minimum atomic E-state index is -0.425. The normalized spacial score (nSPS) is 10.5. The molecule has 2 aromatic heterocycles. The van der Waals surface area contributed by atoms with Gasteiger partial charge in [0.2, 0.25) is 0 Å². The lowest BCUT2D eigenvalue weighted by molar-refractivity contribution is 0.0595. The Morgan fingerprint density at radius 1 is 1.33 bits per heavy atom. The Labute approximate surface area is 125 Å². The number of fused-ring (bicyclic) bond motifs is 1. The predicted octanol–water partition coefficient (Wildman–Crippen LogP) is 3.09. The van der Waals surface area contributed by atoms with Gasteiger partial charge in [-0.2, -0.15) is 0 Å². The molecule has 3 aromatic rings. The third kappa shape index (κ3) is 2.85. The average molecular weight is 299 g/mol. The van der Waals surface area contributed by atoms with E-state index in [2.05, 4.69) is 20.0 Å². The van der Waals surface area contributed by atoms with Gasteiger partial charge in [0, 0.05) is 23.5 Å². The van der Waals surface area contributed by atoms with Gasteiger partial charge in [0.25, 0.3) is 0 Å². The van der Waals surface area contributed by atoms with E-state index in [1.807, 2.05) is 30.3 Å². The van der Waals surface area contributed by atoms with Crippen LogP contribution in [0.1, 0.15) is 16.1 Å². The molecule has 0 aliphatic carbocycles. The third-order valence-electron chi connectivity index (χ3n) is 3.05. The molecular weight excluding hydrogens is 286 g/mol. The van der Waals surface area contributed by atoms with Crippen LogP contribution in [0.2, 0.25) is 0 Å². The number of methoxy groups -OCH3 is 1. The number of rotatable bonds is 4. The summed E-state index contributed by atoms with van der Waals surface area (Å²) in [5.41, 5.74) is 2.38. The number of benzene rings is 1. The van der Waals surface area contributed by atoms with E-state index in [9.17, 15) is 4.79 Å². The van der Waals surface area contributed by atoms with Crippen molar-refractivity contribution in [3.05, 3.63) is 53.2 Å². The molecule has 0 aliphatic heterocycles.